The standard InChI is InChI=1S/C33H42ClN9O6/c1-4-42-25-13-22(49-18-28(46)41(15-20(3)44)17-23-26(45)8-5-19(2)38-23)6-7-24(25)43(16-21-9-11-48-12-10-21)27(42)14-37-33(47)29-31(35)40-32(36)30(34)39-29/h5-8,13,20-21,44H,4,9-12,14-18H2,1-3H3,(H5-,35,36,37,40,45,47)/p+1/t20-/m0/s1. The Kier molecular flexibility index (Phi) is 11.4. The number of hydrogen-bond donors (Lipinski definition) is 5. The molecule has 7 N–H and O–H groups in total. The predicted octanol–water partition coefficient (Wildman–Crippen LogP) is 2.11. The Labute approximate surface area is 288 Å². The number of aromatic hydroxyl groups is 1. The summed E-state index contributed by atoms with van der Waals surface area (Å²) in [5.41, 5.74) is 14.3. The summed E-state index contributed by atoms with van der Waals surface area (Å²) in [7, 11) is 0. The van der Waals surface area contributed by atoms with Crippen molar-refractivity contribution in [3.05, 3.63) is 58.4 Å². The maximum Gasteiger partial charge on any atom is 0.277 e. The van der Waals surface area contributed by atoms with Crippen LogP contribution < -0.4 is 26.1 Å². The number of benzene rings is 1. The average Bonchev–Trinajstić information content (AvgIpc) is 3.36. The number of amides is 2. The van der Waals surface area contributed by atoms with Crippen LogP contribution in [0.15, 0.2) is 30.3 Å². The molecule has 0 radical (unpaired) electrons. The highest BCUT2D eigenvalue weighted by Crippen LogP contribution is 2.25. The molecule has 1 aliphatic rings. The zero-order valence-corrected chi connectivity index (χ0v) is 28.6. The van der Waals surface area contributed by atoms with Crippen molar-refractivity contribution in [1.82, 2.24) is 29.7 Å². The summed E-state index contributed by atoms with van der Waals surface area (Å²) in [4.78, 5) is 40.2. The molecule has 3 aromatic heterocycles. The van der Waals surface area contributed by atoms with Gasteiger partial charge in [0.25, 0.3) is 17.6 Å². The molecule has 4 heterocycles. The van der Waals surface area contributed by atoms with Gasteiger partial charge in [-0.05, 0) is 57.9 Å². The molecule has 15 nitrogen and oxygen atoms in total. The number of nitrogens with zero attached hydrogens (tertiary/aromatic N) is 6. The van der Waals surface area contributed by atoms with Crippen molar-refractivity contribution in [2.75, 3.05) is 37.8 Å². The van der Waals surface area contributed by atoms with Crippen molar-refractivity contribution in [2.45, 2.75) is 65.9 Å². The van der Waals surface area contributed by atoms with E-state index in [2.05, 4.69) is 29.4 Å². The smallest absolute Gasteiger partial charge is 0.277 e. The summed E-state index contributed by atoms with van der Waals surface area (Å²) in [6.07, 6.45) is 1.02. The van der Waals surface area contributed by atoms with Crippen LogP contribution in [0.2, 0.25) is 5.15 Å². The van der Waals surface area contributed by atoms with E-state index in [1.807, 2.05) is 19.1 Å². The van der Waals surface area contributed by atoms with Gasteiger partial charge in [0.15, 0.2) is 40.1 Å². The number of aryl methyl sites for hydroxylation is 2. The quantitative estimate of drug-likeness (QED) is 0.128. The molecule has 49 heavy (non-hydrogen) atoms. The number of rotatable bonds is 13. The number of fused-ring (bicyclic) bond motifs is 1. The lowest BCUT2D eigenvalue weighted by Crippen LogP contribution is -2.44. The fourth-order valence-corrected chi connectivity index (χ4v) is 6.08. The van der Waals surface area contributed by atoms with Gasteiger partial charge in [-0.3, -0.25) is 14.6 Å². The number of pyridine rings is 1. The van der Waals surface area contributed by atoms with Gasteiger partial charge in [-0.15, -0.1) is 0 Å². The van der Waals surface area contributed by atoms with Gasteiger partial charge < -0.3 is 41.4 Å². The fourth-order valence-electron chi connectivity index (χ4n) is 5.96. The van der Waals surface area contributed by atoms with Gasteiger partial charge in [-0.25, -0.2) is 19.1 Å². The van der Waals surface area contributed by atoms with E-state index in [9.17, 15) is 19.8 Å². The number of ether oxygens (including phenoxy) is 2. The summed E-state index contributed by atoms with van der Waals surface area (Å²) in [6, 6.07) is 8.82. The highest BCUT2D eigenvalue weighted by atomic mass is 35.5. The summed E-state index contributed by atoms with van der Waals surface area (Å²) in [5.74, 6) is 0.540. The Bertz CT molecular complexity index is 1830. The van der Waals surface area contributed by atoms with Crippen LogP contribution in [-0.4, -0.2) is 78.9 Å². The van der Waals surface area contributed by atoms with Crippen molar-refractivity contribution in [3.8, 4) is 11.5 Å². The molecule has 1 aromatic carbocycles. The first-order chi connectivity index (χ1) is 23.4. The maximum atomic E-state index is 13.3. The summed E-state index contributed by atoms with van der Waals surface area (Å²) < 4.78 is 15.9. The van der Waals surface area contributed by atoms with Crippen LogP contribution in [0.4, 0.5) is 11.6 Å². The van der Waals surface area contributed by atoms with Crippen LogP contribution >= 0.6 is 11.6 Å². The second kappa shape index (κ2) is 15.7. The number of imidazole rings is 1. The number of aromatic nitrogens is 5. The van der Waals surface area contributed by atoms with E-state index < -0.39 is 12.0 Å². The number of hydrogen-bond acceptors (Lipinski definition) is 11. The molecule has 1 saturated heterocycles. The molecule has 1 aliphatic heterocycles. The lowest BCUT2D eigenvalue weighted by molar-refractivity contribution is -0.687. The highest BCUT2D eigenvalue weighted by Gasteiger charge is 2.29. The molecule has 16 heteroatoms. The van der Waals surface area contributed by atoms with Gasteiger partial charge >= 0.3 is 0 Å². The Morgan fingerprint density at radius 3 is 2.65 bits per heavy atom. The molecule has 5 rings (SSSR count). The third kappa shape index (κ3) is 8.47. The fraction of sp³-hybridized carbons (Fsp3) is 0.455. The minimum atomic E-state index is -0.800. The minimum absolute atomic E-state index is 0.0133. The van der Waals surface area contributed by atoms with Crippen molar-refractivity contribution >= 4 is 46.1 Å². The minimum Gasteiger partial charge on any atom is -0.506 e. The van der Waals surface area contributed by atoms with Crippen molar-refractivity contribution in [1.29, 1.82) is 0 Å². The number of carbonyl (C=O) groups is 2. The van der Waals surface area contributed by atoms with Crippen LogP contribution in [0.5, 0.6) is 11.5 Å². The molecule has 4 aromatic rings. The van der Waals surface area contributed by atoms with Crippen LogP contribution in [0.1, 0.15) is 54.4 Å². The van der Waals surface area contributed by atoms with Gasteiger partial charge in [0.2, 0.25) is 0 Å². The molecule has 0 spiro atoms. The number of aliphatic hydroxyl groups is 1. The number of nitrogens with two attached hydrogens (primary N) is 2. The van der Waals surface area contributed by atoms with E-state index in [4.69, 9.17) is 32.5 Å². The van der Waals surface area contributed by atoms with Gasteiger partial charge in [-0.2, -0.15) is 0 Å². The Hall–Kier alpha value is -4.73. The number of nitrogens with one attached hydrogen (secondary N) is 1. The zero-order valence-electron chi connectivity index (χ0n) is 27.9. The van der Waals surface area contributed by atoms with Gasteiger partial charge in [0.05, 0.1) is 25.7 Å². The summed E-state index contributed by atoms with van der Waals surface area (Å²) in [5, 5.41) is 23.2. The molecular formula is C33H43ClN9O6+. The Morgan fingerprint density at radius 1 is 1.18 bits per heavy atom. The molecule has 262 valence electrons. The molecule has 1 fully saturated rings. The number of halogens is 1. The van der Waals surface area contributed by atoms with Crippen molar-refractivity contribution < 1.29 is 33.8 Å². The van der Waals surface area contributed by atoms with Crippen molar-refractivity contribution in [2.24, 2.45) is 5.92 Å². The van der Waals surface area contributed by atoms with E-state index in [1.165, 1.54) is 11.0 Å². The molecule has 0 bridgehead atoms. The van der Waals surface area contributed by atoms with Gasteiger partial charge in [-0.1, -0.05) is 11.6 Å². The van der Waals surface area contributed by atoms with Gasteiger partial charge in [0, 0.05) is 37.4 Å². The second-order valence-corrected chi connectivity index (χ2v) is 12.5. The molecular weight excluding hydrogens is 654 g/mol. The molecule has 0 unspecified atom stereocenters. The van der Waals surface area contributed by atoms with E-state index in [-0.39, 0.29) is 60.4 Å². The van der Waals surface area contributed by atoms with Crippen LogP contribution in [0.25, 0.3) is 11.0 Å². The van der Waals surface area contributed by atoms with Crippen molar-refractivity contribution in [3.63, 3.8) is 0 Å². The number of aliphatic hydroxyl groups excluding tert-OH is 1. The Morgan fingerprint density at radius 2 is 1.94 bits per heavy atom. The monoisotopic (exact) mass is 696 g/mol. The van der Waals surface area contributed by atoms with E-state index in [0.717, 1.165) is 29.7 Å². The number of nitrogen functional groups attached to an aromatic ring is 2. The van der Waals surface area contributed by atoms with Crippen LogP contribution in [-0.2, 0) is 35.7 Å². The maximum absolute atomic E-state index is 13.3. The van der Waals surface area contributed by atoms with Crippen LogP contribution in [0, 0.1) is 12.8 Å². The Balaban J connectivity index is 1.40. The predicted molar refractivity (Wildman–Crippen MR) is 182 cm³/mol. The molecule has 2 amide bonds. The lowest BCUT2D eigenvalue weighted by Gasteiger charge is -2.24. The lowest BCUT2D eigenvalue weighted by atomic mass is 10.0. The van der Waals surface area contributed by atoms with E-state index in [1.54, 1.807) is 26.0 Å². The van der Waals surface area contributed by atoms with Gasteiger partial charge in [0.1, 0.15) is 23.7 Å². The third-order valence-corrected chi connectivity index (χ3v) is 8.68. The summed E-state index contributed by atoms with van der Waals surface area (Å²) >= 11 is 6.02. The SMILES string of the molecule is CCn1c(CNC(=O)c2nc(Cl)c(N)nc2N)[n+](CC2CCOCC2)c2ccc(OCC(=O)N(Cc3nc(C)ccc3O)C[C@H](C)O)cc21. The first-order valence-electron chi connectivity index (χ1n) is 16.2. The average molecular weight is 697 g/mol. The first kappa shape index (κ1) is 35.6. The summed E-state index contributed by atoms with van der Waals surface area (Å²) in [6.45, 7) is 7.96. The number of carbonyl (C=O) groups excluding carboxylic acids is 2. The molecule has 1 atom stereocenters. The molecule has 0 aliphatic carbocycles. The van der Waals surface area contributed by atoms with E-state index >= 15 is 0 Å². The second-order valence-electron chi connectivity index (χ2n) is 12.1. The molecule has 0 saturated carbocycles. The zero-order chi connectivity index (χ0) is 35.2. The highest BCUT2D eigenvalue weighted by molar-refractivity contribution is 6.31. The topological polar surface area (TPSA) is 208 Å². The third-order valence-electron chi connectivity index (χ3n) is 8.41. The number of anilines is 2. The van der Waals surface area contributed by atoms with E-state index in [0.29, 0.717) is 49.4 Å². The normalized spacial score (nSPS) is 14.1. The van der Waals surface area contributed by atoms with Crippen LogP contribution in [0.3, 0.4) is 0 Å². The first-order valence-corrected chi connectivity index (χ1v) is 16.6. The largest absolute Gasteiger partial charge is 0.506 e.